The summed E-state index contributed by atoms with van der Waals surface area (Å²) in [5.74, 6) is 2.13. The maximum Gasteiger partial charge on any atom is 0.313 e. The molecule has 4 bridgehead atoms. The Bertz CT molecular complexity index is 504. The van der Waals surface area contributed by atoms with Crippen LogP contribution in [0.1, 0.15) is 56.9 Å². The summed E-state index contributed by atoms with van der Waals surface area (Å²) in [5, 5.41) is 0. The minimum Gasteiger partial charge on any atom is -0.459 e. The molecule has 4 saturated carbocycles. The second-order valence-electron chi connectivity index (χ2n) is 7.53. The fraction of sp³-hybridized carbons (Fsp3) is 0.667. The van der Waals surface area contributed by atoms with Crippen LogP contribution in [0.25, 0.3) is 0 Å². The number of hydrogen-bond acceptors (Lipinski definition) is 3. The first-order valence-electron chi connectivity index (χ1n) is 8.26. The molecular weight excluding hydrogens is 262 g/mol. The van der Waals surface area contributed by atoms with E-state index in [4.69, 9.17) is 4.74 Å². The van der Waals surface area contributed by atoms with Gasteiger partial charge in [0.1, 0.15) is 5.60 Å². The van der Waals surface area contributed by atoms with Crippen molar-refractivity contribution < 1.29 is 9.53 Å². The van der Waals surface area contributed by atoms with Crippen LogP contribution in [-0.2, 0) is 9.53 Å². The molecule has 0 radical (unpaired) electrons. The van der Waals surface area contributed by atoms with Crippen LogP contribution < -0.4 is 0 Å². The minimum absolute atomic E-state index is 0.0649. The molecule has 1 atom stereocenters. The van der Waals surface area contributed by atoms with Gasteiger partial charge in [-0.15, -0.1) is 0 Å². The van der Waals surface area contributed by atoms with Crippen molar-refractivity contribution in [2.24, 2.45) is 17.8 Å². The third-order valence-corrected chi connectivity index (χ3v) is 5.84. The average molecular weight is 285 g/mol. The van der Waals surface area contributed by atoms with Gasteiger partial charge in [0.15, 0.2) is 0 Å². The van der Waals surface area contributed by atoms with Gasteiger partial charge in [-0.3, -0.25) is 9.78 Å². The first-order valence-corrected chi connectivity index (χ1v) is 8.26. The van der Waals surface area contributed by atoms with Gasteiger partial charge in [0, 0.05) is 12.4 Å². The van der Waals surface area contributed by atoms with E-state index in [1.54, 1.807) is 12.4 Å². The van der Waals surface area contributed by atoms with Crippen LogP contribution in [0.3, 0.4) is 0 Å². The number of aromatic nitrogens is 1. The summed E-state index contributed by atoms with van der Waals surface area (Å²) in [6.07, 6.45) is 10.9. The second-order valence-corrected chi connectivity index (χ2v) is 7.53. The maximum atomic E-state index is 12.6. The molecule has 0 amide bonds. The Morgan fingerprint density at radius 1 is 1.24 bits per heavy atom. The molecule has 0 aliphatic heterocycles. The lowest BCUT2D eigenvalue weighted by Crippen LogP contribution is -2.53. The molecule has 0 N–H and O–H groups in total. The monoisotopic (exact) mass is 285 g/mol. The summed E-state index contributed by atoms with van der Waals surface area (Å²) in [5.41, 5.74) is 0.815. The molecule has 0 unspecified atom stereocenters. The highest BCUT2D eigenvalue weighted by Crippen LogP contribution is 2.57. The van der Waals surface area contributed by atoms with E-state index in [-0.39, 0.29) is 17.5 Å². The van der Waals surface area contributed by atoms with Crippen molar-refractivity contribution in [2.45, 2.75) is 57.0 Å². The summed E-state index contributed by atoms with van der Waals surface area (Å²) < 4.78 is 6.10. The Morgan fingerprint density at radius 2 is 1.86 bits per heavy atom. The zero-order valence-corrected chi connectivity index (χ0v) is 12.6. The molecule has 21 heavy (non-hydrogen) atoms. The van der Waals surface area contributed by atoms with E-state index in [1.807, 2.05) is 19.1 Å². The molecule has 4 aliphatic rings. The number of carbonyl (C=O) groups is 1. The van der Waals surface area contributed by atoms with Gasteiger partial charge >= 0.3 is 5.97 Å². The lowest BCUT2D eigenvalue weighted by atomic mass is 9.54. The standard InChI is InChI=1S/C18H23NO2/c1-12(16-3-2-4-19-11-16)17(20)21-18-8-13-5-14(9-18)7-15(6-13)10-18/h2-4,11-15H,5-10H2,1H3/t12-,13?,14?,15?,18?/m1/s1. The molecule has 5 rings (SSSR count). The largest absolute Gasteiger partial charge is 0.459 e. The number of esters is 1. The van der Waals surface area contributed by atoms with Gasteiger partial charge in [-0.1, -0.05) is 6.07 Å². The van der Waals surface area contributed by atoms with Gasteiger partial charge in [0.2, 0.25) is 0 Å². The van der Waals surface area contributed by atoms with Gasteiger partial charge in [-0.25, -0.2) is 0 Å². The van der Waals surface area contributed by atoms with Crippen molar-refractivity contribution in [1.82, 2.24) is 4.98 Å². The van der Waals surface area contributed by atoms with Gasteiger partial charge in [-0.2, -0.15) is 0 Å². The van der Waals surface area contributed by atoms with E-state index < -0.39 is 0 Å². The fourth-order valence-corrected chi connectivity index (χ4v) is 5.23. The lowest BCUT2D eigenvalue weighted by molar-refractivity contribution is -0.187. The van der Waals surface area contributed by atoms with E-state index in [0.717, 1.165) is 42.6 Å². The molecule has 4 fully saturated rings. The number of nitrogens with zero attached hydrogens (tertiary/aromatic N) is 1. The van der Waals surface area contributed by atoms with Gasteiger partial charge in [0.05, 0.1) is 5.92 Å². The second kappa shape index (κ2) is 4.82. The Balaban J connectivity index is 1.49. The predicted octanol–water partition coefficient (Wildman–Crippen LogP) is 3.70. The molecule has 0 saturated heterocycles. The van der Waals surface area contributed by atoms with Crippen LogP contribution in [-0.4, -0.2) is 16.6 Å². The van der Waals surface area contributed by atoms with Crippen LogP contribution in [0.15, 0.2) is 24.5 Å². The third kappa shape index (κ3) is 2.37. The molecular formula is C18H23NO2. The van der Waals surface area contributed by atoms with Crippen molar-refractivity contribution in [2.75, 3.05) is 0 Å². The van der Waals surface area contributed by atoms with Gasteiger partial charge < -0.3 is 4.74 Å². The van der Waals surface area contributed by atoms with Crippen molar-refractivity contribution in [3.05, 3.63) is 30.1 Å². The summed E-state index contributed by atoms with van der Waals surface area (Å²) in [7, 11) is 0. The predicted molar refractivity (Wildman–Crippen MR) is 79.6 cm³/mol. The average Bonchev–Trinajstić information content (AvgIpc) is 2.45. The highest BCUT2D eigenvalue weighted by molar-refractivity contribution is 5.78. The maximum absolute atomic E-state index is 12.6. The summed E-state index contributed by atoms with van der Waals surface area (Å²) in [4.78, 5) is 16.7. The van der Waals surface area contributed by atoms with Gasteiger partial charge in [0.25, 0.3) is 0 Å². The summed E-state index contributed by atoms with van der Waals surface area (Å²) >= 11 is 0. The molecule has 1 aromatic heterocycles. The first-order chi connectivity index (χ1) is 10.1. The first kappa shape index (κ1) is 13.3. The van der Waals surface area contributed by atoms with Gasteiger partial charge in [-0.05, 0) is 74.8 Å². The van der Waals surface area contributed by atoms with Crippen molar-refractivity contribution in [1.29, 1.82) is 0 Å². The normalized spacial score (nSPS) is 38.2. The third-order valence-electron chi connectivity index (χ3n) is 5.84. The molecule has 0 spiro atoms. The van der Waals surface area contributed by atoms with Crippen LogP contribution in [0.5, 0.6) is 0 Å². The fourth-order valence-electron chi connectivity index (χ4n) is 5.23. The lowest BCUT2D eigenvalue weighted by Gasteiger charge is -2.55. The number of ether oxygens (including phenoxy) is 1. The number of rotatable bonds is 3. The Labute approximate surface area is 126 Å². The smallest absolute Gasteiger partial charge is 0.313 e. The van der Waals surface area contributed by atoms with E-state index in [0.29, 0.717) is 0 Å². The molecule has 1 heterocycles. The van der Waals surface area contributed by atoms with Crippen molar-refractivity contribution in [3.63, 3.8) is 0 Å². The van der Waals surface area contributed by atoms with Crippen LogP contribution in [0.2, 0.25) is 0 Å². The van der Waals surface area contributed by atoms with E-state index in [2.05, 4.69) is 4.98 Å². The molecule has 1 aromatic rings. The highest BCUT2D eigenvalue weighted by atomic mass is 16.6. The summed E-state index contributed by atoms with van der Waals surface area (Å²) in [6.45, 7) is 1.93. The van der Waals surface area contributed by atoms with E-state index >= 15 is 0 Å². The number of hydrogen-bond donors (Lipinski definition) is 0. The molecule has 3 heteroatoms. The van der Waals surface area contributed by atoms with Crippen LogP contribution >= 0.6 is 0 Å². The molecule has 3 nitrogen and oxygen atoms in total. The number of pyridine rings is 1. The Hall–Kier alpha value is -1.38. The molecule has 4 aliphatic carbocycles. The Kier molecular flexibility index (Phi) is 3.05. The highest BCUT2D eigenvalue weighted by Gasteiger charge is 2.53. The minimum atomic E-state index is -0.216. The Morgan fingerprint density at radius 3 is 2.38 bits per heavy atom. The van der Waals surface area contributed by atoms with Crippen LogP contribution in [0.4, 0.5) is 0 Å². The zero-order valence-electron chi connectivity index (χ0n) is 12.6. The molecule has 0 aromatic carbocycles. The quantitative estimate of drug-likeness (QED) is 0.795. The zero-order chi connectivity index (χ0) is 14.4. The SMILES string of the molecule is C[C@@H](C(=O)OC12CC3CC(CC(C3)C1)C2)c1cccnc1. The molecule has 112 valence electrons. The number of carbonyl (C=O) groups excluding carboxylic acids is 1. The van der Waals surface area contributed by atoms with E-state index in [9.17, 15) is 4.79 Å². The van der Waals surface area contributed by atoms with E-state index in [1.165, 1.54) is 19.3 Å². The topological polar surface area (TPSA) is 39.2 Å². The van der Waals surface area contributed by atoms with Crippen molar-refractivity contribution in [3.8, 4) is 0 Å². The van der Waals surface area contributed by atoms with Crippen LogP contribution in [0, 0.1) is 17.8 Å². The van der Waals surface area contributed by atoms with Crippen molar-refractivity contribution >= 4 is 5.97 Å². The summed E-state index contributed by atoms with van der Waals surface area (Å²) in [6, 6.07) is 3.84.